The zero-order valence-corrected chi connectivity index (χ0v) is 10.3. The van der Waals surface area contributed by atoms with E-state index in [0.29, 0.717) is 6.42 Å². The Morgan fingerprint density at radius 3 is 2.47 bits per heavy atom. The minimum Gasteiger partial charge on any atom is -0.341 e. The number of H-pyrrole nitrogens is 1. The summed E-state index contributed by atoms with van der Waals surface area (Å²) in [6.07, 6.45) is 2.13. The lowest BCUT2D eigenvalue weighted by Gasteiger charge is -2.09. The molecule has 0 saturated heterocycles. The molecule has 0 radical (unpaired) electrons. The maximum absolute atomic E-state index is 8.64. The normalized spacial score (nSPS) is 10.2. The van der Waals surface area contributed by atoms with Gasteiger partial charge in [-0.2, -0.15) is 5.26 Å². The third-order valence-electron chi connectivity index (χ3n) is 2.82. The summed E-state index contributed by atoms with van der Waals surface area (Å²) in [5, 5.41) is 8.64. The van der Waals surface area contributed by atoms with Crippen molar-refractivity contribution in [2.45, 2.75) is 27.2 Å². The average Bonchev–Trinajstić information content (AvgIpc) is 2.65. The Bertz CT molecular complexity index is 565. The molecule has 2 aromatic rings. The van der Waals surface area contributed by atoms with Crippen LogP contribution in [0.1, 0.15) is 22.5 Å². The van der Waals surface area contributed by atoms with Gasteiger partial charge in [-0.1, -0.05) is 17.7 Å². The molecule has 0 aliphatic heterocycles. The van der Waals surface area contributed by atoms with Crippen molar-refractivity contribution in [3.8, 4) is 17.3 Å². The Kier molecular flexibility index (Phi) is 2.97. The van der Waals surface area contributed by atoms with Crippen LogP contribution in [0.25, 0.3) is 11.3 Å². The van der Waals surface area contributed by atoms with Gasteiger partial charge in [0.15, 0.2) is 0 Å². The first-order valence-electron chi connectivity index (χ1n) is 5.61. The number of rotatable bonds is 2. The number of nitrogens with zero attached hydrogens (tertiary/aromatic N) is 2. The lowest BCUT2D eigenvalue weighted by Crippen LogP contribution is -1.91. The van der Waals surface area contributed by atoms with E-state index >= 15 is 0 Å². The van der Waals surface area contributed by atoms with Crippen LogP contribution in [-0.2, 0) is 6.42 Å². The van der Waals surface area contributed by atoms with Crippen molar-refractivity contribution in [3.63, 3.8) is 0 Å². The Labute approximate surface area is 101 Å². The Balaban J connectivity index is 2.49. The quantitative estimate of drug-likeness (QED) is 0.853. The monoisotopic (exact) mass is 225 g/mol. The minimum absolute atomic E-state index is 0.323. The molecule has 1 aromatic carbocycles. The van der Waals surface area contributed by atoms with E-state index in [1.54, 1.807) is 6.20 Å². The Morgan fingerprint density at radius 1 is 1.24 bits per heavy atom. The summed E-state index contributed by atoms with van der Waals surface area (Å²) in [6.45, 7) is 6.29. The fourth-order valence-electron chi connectivity index (χ4n) is 2.26. The summed E-state index contributed by atoms with van der Waals surface area (Å²) in [6, 6.07) is 6.41. The number of hydrogen-bond acceptors (Lipinski definition) is 2. The lowest BCUT2D eigenvalue weighted by atomic mass is 9.98. The number of nitriles is 1. The SMILES string of the molecule is Cc1cc(C)c(-c2cnc(CC#N)[nH]2)c(C)c1. The van der Waals surface area contributed by atoms with Crippen LogP contribution in [0.15, 0.2) is 18.3 Å². The van der Waals surface area contributed by atoms with Gasteiger partial charge in [0.25, 0.3) is 0 Å². The molecule has 0 atom stereocenters. The van der Waals surface area contributed by atoms with Gasteiger partial charge in [-0.05, 0) is 31.9 Å². The van der Waals surface area contributed by atoms with E-state index in [9.17, 15) is 0 Å². The van der Waals surface area contributed by atoms with Gasteiger partial charge < -0.3 is 4.98 Å². The largest absolute Gasteiger partial charge is 0.341 e. The summed E-state index contributed by atoms with van der Waals surface area (Å²) in [5.41, 5.74) is 5.90. The summed E-state index contributed by atoms with van der Waals surface area (Å²) in [4.78, 5) is 7.41. The van der Waals surface area contributed by atoms with Gasteiger partial charge in [-0.15, -0.1) is 0 Å². The molecule has 1 heterocycles. The van der Waals surface area contributed by atoms with Crippen LogP contribution in [-0.4, -0.2) is 9.97 Å². The van der Waals surface area contributed by atoms with Crippen molar-refractivity contribution in [2.24, 2.45) is 0 Å². The number of aromatic amines is 1. The maximum atomic E-state index is 8.64. The predicted octanol–water partition coefficient (Wildman–Crippen LogP) is 3.07. The van der Waals surface area contributed by atoms with Crippen molar-refractivity contribution < 1.29 is 0 Å². The average molecular weight is 225 g/mol. The number of benzene rings is 1. The summed E-state index contributed by atoms with van der Waals surface area (Å²) < 4.78 is 0. The molecule has 2 rings (SSSR count). The molecule has 0 fully saturated rings. The number of aromatic nitrogens is 2. The Hall–Kier alpha value is -2.08. The van der Waals surface area contributed by atoms with E-state index in [1.165, 1.54) is 22.3 Å². The number of aryl methyl sites for hydroxylation is 3. The maximum Gasteiger partial charge on any atom is 0.120 e. The predicted molar refractivity (Wildman–Crippen MR) is 67.6 cm³/mol. The fraction of sp³-hybridized carbons (Fsp3) is 0.286. The van der Waals surface area contributed by atoms with Crippen molar-refractivity contribution in [3.05, 3.63) is 40.8 Å². The number of imidazole rings is 1. The third kappa shape index (κ3) is 2.21. The van der Waals surface area contributed by atoms with Gasteiger partial charge in [0.2, 0.25) is 0 Å². The van der Waals surface area contributed by atoms with E-state index < -0.39 is 0 Å². The highest BCUT2D eigenvalue weighted by atomic mass is 14.9. The molecule has 0 amide bonds. The lowest BCUT2D eigenvalue weighted by molar-refractivity contribution is 1.06. The van der Waals surface area contributed by atoms with Gasteiger partial charge >= 0.3 is 0 Å². The van der Waals surface area contributed by atoms with E-state index in [1.807, 2.05) is 0 Å². The van der Waals surface area contributed by atoms with Crippen LogP contribution >= 0.6 is 0 Å². The van der Waals surface area contributed by atoms with Crippen molar-refractivity contribution in [2.75, 3.05) is 0 Å². The zero-order chi connectivity index (χ0) is 12.4. The van der Waals surface area contributed by atoms with Crippen molar-refractivity contribution >= 4 is 0 Å². The second kappa shape index (κ2) is 4.42. The molecule has 0 unspecified atom stereocenters. The summed E-state index contributed by atoms with van der Waals surface area (Å²) >= 11 is 0. The van der Waals surface area contributed by atoms with Gasteiger partial charge in [-0.3, -0.25) is 0 Å². The first kappa shape index (κ1) is 11.4. The minimum atomic E-state index is 0.323. The molecular weight excluding hydrogens is 210 g/mol. The molecule has 0 spiro atoms. The molecule has 0 aliphatic carbocycles. The Morgan fingerprint density at radius 2 is 1.88 bits per heavy atom. The smallest absolute Gasteiger partial charge is 0.120 e. The highest BCUT2D eigenvalue weighted by Crippen LogP contribution is 2.26. The van der Waals surface area contributed by atoms with Crippen molar-refractivity contribution in [1.82, 2.24) is 9.97 Å². The summed E-state index contributed by atoms with van der Waals surface area (Å²) in [5.74, 6) is 0.724. The molecule has 3 nitrogen and oxygen atoms in total. The summed E-state index contributed by atoms with van der Waals surface area (Å²) in [7, 11) is 0. The number of hydrogen-bond donors (Lipinski definition) is 1. The zero-order valence-electron chi connectivity index (χ0n) is 10.3. The van der Waals surface area contributed by atoms with Crippen LogP contribution in [0.5, 0.6) is 0 Å². The highest BCUT2D eigenvalue weighted by Gasteiger charge is 2.09. The van der Waals surface area contributed by atoms with Crippen LogP contribution < -0.4 is 0 Å². The molecule has 3 heteroatoms. The van der Waals surface area contributed by atoms with Crippen LogP contribution in [0, 0.1) is 32.1 Å². The van der Waals surface area contributed by atoms with E-state index in [2.05, 4.69) is 48.9 Å². The van der Waals surface area contributed by atoms with Gasteiger partial charge in [0.1, 0.15) is 5.82 Å². The van der Waals surface area contributed by atoms with Gasteiger partial charge in [0.05, 0.1) is 24.4 Å². The number of nitrogens with one attached hydrogen (secondary N) is 1. The van der Waals surface area contributed by atoms with E-state index in [-0.39, 0.29) is 0 Å². The van der Waals surface area contributed by atoms with E-state index in [4.69, 9.17) is 5.26 Å². The molecule has 0 saturated carbocycles. The molecule has 0 aliphatic rings. The molecule has 1 aromatic heterocycles. The fourth-order valence-corrected chi connectivity index (χ4v) is 2.26. The van der Waals surface area contributed by atoms with E-state index in [0.717, 1.165) is 11.5 Å². The van der Waals surface area contributed by atoms with Crippen LogP contribution in [0.2, 0.25) is 0 Å². The molecule has 17 heavy (non-hydrogen) atoms. The second-order valence-electron chi connectivity index (χ2n) is 4.35. The van der Waals surface area contributed by atoms with Gasteiger partial charge in [-0.25, -0.2) is 4.98 Å². The highest BCUT2D eigenvalue weighted by molar-refractivity contribution is 5.67. The standard InChI is InChI=1S/C14H15N3/c1-9-6-10(2)14(11(3)7-9)12-8-16-13(17-12)4-5-15/h6-8H,4H2,1-3H3,(H,16,17). The second-order valence-corrected chi connectivity index (χ2v) is 4.35. The first-order chi connectivity index (χ1) is 8.11. The topological polar surface area (TPSA) is 52.5 Å². The molecule has 0 bridgehead atoms. The first-order valence-corrected chi connectivity index (χ1v) is 5.61. The third-order valence-corrected chi connectivity index (χ3v) is 2.82. The van der Waals surface area contributed by atoms with Crippen LogP contribution in [0.3, 0.4) is 0 Å². The molecule has 1 N–H and O–H groups in total. The van der Waals surface area contributed by atoms with Crippen molar-refractivity contribution in [1.29, 1.82) is 5.26 Å². The molecular formula is C14H15N3. The van der Waals surface area contributed by atoms with Gasteiger partial charge in [0, 0.05) is 5.56 Å². The molecule has 86 valence electrons. The van der Waals surface area contributed by atoms with Crippen LogP contribution in [0.4, 0.5) is 0 Å².